The molecule has 1 atom stereocenters. The summed E-state index contributed by atoms with van der Waals surface area (Å²) in [5, 5.41) is 16.2. The van der Waals surface area contributed by atoms with E-state index in [0.717, 1.165) is 18.7 Å². The van der Waals surface area contributed by atoms with E-state index < -0.39 is 0 Å². The summed E-state index contributed by atoms with van der Waals surface area (Å²) in [4.78, 5) is 14.2. The lowest BCUT2D eigenvalue weighted by Crippen LogP contribution is -2.57. The number of benzene rings is 1. The van der Waals surface area contributed by atoms with Crippen LogP contribution in [0.5, 0.6) is 11.5 Å². The molecule has 0 bridgehead atoms. The van der Waals surface area contributed by atoms with Crippen molar-refractivity contribution in [2.24, 2.45) is 0 Å². The number of carbonyl (C=O) groups is 1. The molecule has 1 aliphatic heterocycles. The number of rotatable bonds is 5. The van der Waals surface area contributed by atoms with Crippen LogP contribution in [-0.4, -0.2) is 55.2 Å². The Bertz CT molecular complexity index is 493. The van der Waals surface area contributed by atoms with E-state index in [1.165, 1.54) is 0 Å². The number of methoxy groups -OCH3 is 1. The highest BCUT2D eigenvalue weighted by molar-refractivity contribution is 5.82. The standard InChI is InChI=1S/C15H23N3O3/c1-3-17-15(20)13-9-16-6-7-18(13)10-11-4-5-12(21-2)8-14(11)19/h4-5,8,13,16,19H,3,6-7,9-10H2,1-2H3,(H,17,20). The Labute approximate surface area is 125 Å². The summed E-state index contributed by atoms with van der Waals surface area (Å²) in [6, 6.07) is 5.04. The van der Waals surface area contributed by atoms with Crippen molar-refractivity contribution in [3.63, 3.8) is 0 Å². The zero-order valence-electron chi connectivity index (χ0n) is 12.6. The van der Waals surface area contributed by atoms with Gasteiger partial charge >= 0.3 is 0 Å². The molecule has 0 radical (unpaired) electrons. The summed E-state index contributed by atoms with van der Waals surface area (Å²) in [5.74, 6) is 0.845. The van der Waals surface area contributed by atoms with Gasteiger partial charge in [0.05, 0.1) is 7.11 Å². The van der Waals surface area contributed by atoms with Crippen molar-refractivity contribution in [2.45, 2.75) is 19.5 Å². The van der Waals surface area contributed by atoms with Gasteiger partial charge in [-0.25, -0.2) is 0 Å². The third-order valence-corrected chi connectivity index (χ3v) is 3.67. The molecule has 1 unspecified atom stereocenters. The lowest BCUT2D eigenvalue weighted by molar-refractivity contribution is -0.127. The molecule has 1 aromatic carbocycles. The summed E-state index contributed by atoms with van der Waals surface area (Å²) in [6.45, 7) is 5.31. The molecule has 1 aliphatic rings. The average Bonchev–Trinajstić information content (AvgIpc) is 2.50. The van der Waals surface area contributed by atoms with Gasteiger partial charge < -0.3 is 20.5 Å². The van der Waals surface area contributed by atoms with Crippen LogP contribution in [0.2, 0.25) is 0 Å². The lowest BCUT2D eigenvalue weighted by Gasteiger charge is -2.35. The van der Waals surface area contributed by atoms with Crippen molar-refractivity contribution in [1.29, 1.82) is 0 Å². The Balaban J connectivity index is 2.10. The van der Waals surface area contributed by atoms with E-state index in [1.807, 2.05) is 19.1 Å². The van der Waals surface area contributed by atoms with Gasteiger partial charge in [0.2, 0.25) is 5.91 Å². The number of ether oxygens (including phenoxy) is 1. The van der Waals surface area contributed by atoms with Gasteiger partial charge in [0.1, 0.15) is 17.5 Å². The van der Waals surface area contributed by atoms with Crippen molar-refractivity contribution >= 4 is 5.91 Å². The Kier molecular flexibility index (Phi) is 5.41. The molecular formula is C15H23N3O3. The van der Waals surface area contributed by atoms with Crippen molar-refractivity contribution in [3.05, 3.63) is 23.8 Å². The minimum atomic E-state index is -0.208. The summed E-state index contributed by atoms with van der Waals surface area (Å²) >= 11 is 0. The molecule has 1 amide bonds. The van der Waals surface area contributed by atoms with E-state index in [1.54, 1.807) is 13.2 Å². The maximum atomic E-state index is 12.1. The number of hydrogen-bond donors (Lipinski definition) is 3. The zero-order valence-corrected chi connectivity index (χ0v) is 12.6. The zero-order chi connectivity index (χ0) is 15.2. The van der Waals surface area contributed by atoms with Gasteiger partial charge in [-0.2, -0.15) is 0 Å². The minimum Gasteiger partial charge on any atom is -0.507 e. The molecule has 1 fully saturated rings. The first-order valence-corrected chi connectivity index (χ1v) is 7.24. The Morgan fingerprint density at radius 2 is 2.38 bits per heavy atom. The second-order valence-corrected chi connectivity index (χ2v) is 5.08. The fourth-order valence-corrected chi connectivity index (χ4v) is 2.51. The van der Waals surface area contributed by atoms with Gasteiger partial charge in [-0.05, 0) is 13.0 Å². The number of nitrogens with one attached hydrogen (secondary N) is 2. The number of nitrogens with zero attached hydrogens (tertiary/aromatic N) is 1. The minimum absolute atomic E-state index is 0.0256. The molecule has 0 saturated carbocycles. The predicted molar refractivity (Wildman–Crippen MR) is 80.4 cm³/mol. The third-order valence-electron chi connectivity index (χ3n) is 3.67. The first-order valence-electron chi connectivity index (χ1n) is 7.24. The Morgan fingerprint density at radius 1 is 1.57 bits per heavy atom. The van der Waals surface area contributed by atoms with Crippen LogP contribution in [0.3, 0.4) is 0 Å². The number of amides is 1. The smallest absolute Gasteiger partial charge is 0.238 e. The second-order valence-electron chi connectivity index (χ2n) is 5.08. The van der Waals surface area contributed by atoms with Gasteiger partial charge in [0.15, 0.2) is 0 Å². The van der Waals surface area contributed by atoms with E-state index in [9.17, 15) is 9.90 Å². The van der Waals surface area contributed by atoms with Gasteiger partial charge in [-0.1, -0.05) is 6.07 Å². The maximum Gasteiger partial charge on any atom is 0.238 e. The number of carbonyl (C=O) groups excluding carboxylic acids is 1. The van der Waals surface area contributed by atoms with Crippen LogP contribution < -0.4 is 15.4 Å². The number of aromatic hydroxyl groups is 1. The van der Waals surface area contributed by atoms with Gasteiger partial charge in [0, 0.05) is 44.4 Å². The largest absolute Gasteiger partial charge is 0.507 e. The van der Waals surface area contributed by atoms with E-state index in [-0.39, 0.29) is 17.7 Å². The van der Waals surface area contributed by atoms with Gasteiger partial charge in [-0.15, -0.1) is 0 Å². The van der Waals surface area contributed by atoms with Crippen LogP contribution in [0.4, 0.5) is 0 Å². The van der Waals surface area contributed by atoms with Crippen molar-refractivity contribution in [3.8, 4) is 11.5 Å². The SMILES string of the molecule is CCNC(=O)C1CNCCN1Cc1ccc(OC)cc1O. The van der Waals surface area contributed by atoms with Crippen LogP contribution in [0, 0.1) is 0 Å². The third kappa shape index (κ3) is 3.86. The predicted octanol–water partition coefficient (Wildman–Crippen LogP) is 0.311. The molecule has 1 saturated heterocycles. The van der Waals surface area contributed by atoms with Crippen LogP contribution in [0.1, 0.15) is 12.5 Å². The Morgan fingerprint density at radius 3 is 3.05 bits per heavy atom. The first-order chi connectivity index (χ1) is 10.2. The highest BCUT2D eigenvalue weighted by Gasteiger charge is 2.28. The lowest BCUT2D eigenvalue weighted by atomic mass is 10.1. The molecule has 6 heteroatoms. The Hall–Kier alpha value is -1.79. The summed E-state index contributed by atoms with van der Waals surface area (Å²) in [5.41, 5.74) is 0.798. The highest BCUT2D eigenvalue weighted by atomic mass is 16.5. The highest BCUT2D eigenvalue weighted by Crippen LogP contribution is 2.25. The quantitative estimate of drug-likeness (QED) is 0.729. The fraction of sp³-hybridized carbons (Fsp3) is 0.533. The molecule has 2 rings (SSSR count). The molecular weight excluding hydrogens is 270 g/mol. The van der Waals surface area contributed by atoms with Crippen molar-refractivity contribution < 1.29 is 14.6 Å². The van der Waals surface area contributed by atoms with Crippen LogP contribution >= 0.6 is 0 Å². The van der Waals surface area contributed by atoms with Crippen LogP contribution in [-0.2, 0) is 11.3 Å². The topological polar surface area (TPSA) is 73.8 Å². The monoisotopic (exact) mass is 293 g/mol. The van der Waals surface area contributed by atoms with Gasteiger partial charge in [0.25, 0.3) is 0 Å². The molecule has 0 spiro atoms. The van der Waals surface area contributed by atoms with E-state index >= 15 is 0 Å². The average molecular weight is 293 g/mol. The summed E-state index contributed by atoms with van der Waals surface area (Å²) in [7, 11) is 1.57. The second kappa shape index (κ2) is 7.28. The van der Waals surface area contributed by atoms with Crippen molar-refractivity contribution in [1.82, 2.24) is 15.5 Å². The van der Waals surface area contributed by atoms with Crippen LogP contribution in [0.25, 0.3) is 0 Å². The summed E-state index contributed by atoms with van der Waals surface area (Å²) in [6.07, 6.45) is 0. The number of phenolic OH excluding ortho intramolecular Hbond substituents is 1. The molecule has 0 aliphatic carbocycles. The van der Waals surface area contributed by atoms with E-state index in [0.29, 0.717) is 25.4 Å². The van der Waals surface area contributed by atoms with Crippen LogP contribution in [0.15, 0.2) is 18.2 Å². The maximum absolute atomic E-state index is 12.1. The number of likely N-dealkylation sites (N-methyl/N-ethyl adjacent to an activating group) is 1. The van der Waals surface area contributed by atoms with E-state index in [2.05, 4.69) is 15.5 Å². The molecule has 3 N–H and O–H groups in total. The van der Waals surface area contributed by atoms with E-state index in [4.69, 9.17) is 4.74 Å². The number of phenols is 1. The molecule has 6 nitrogen and oxygen atoms in total. The fourth-order valence-electron chi connectivity index (χ4n) is 2.51. The number of hydrogen-bond acceptors (Lipinski definition) is 5. The number of piperazine rings is 1. The molecule has 1 heterocycles. The molecule has 21 heavy (non-hydrogen) atoms. The first kappa shape index (κ1) is 15.6. The van der Waals surface area contributed by atoms with Gasteiger partial charge in [-0.3, -0.25) is 9.69 Å². The molecule has 116 valence electrons. The van der Waals surface area contributed by atoms with Crippen molar-refractivity contribution in [2.75, 3.05) is 33.3 Å². The summed E-state index contributed by atoms with van der Waals surface area (Å²) < 4.78 is 5.08. The molecule has 0 aromatic heterocycles. The normalized spacial score (nSPS) is 19.2. The molecule has 1 aromatic rings.